The summed E-state index contributed by atoms with van der Waals surface area (Å²) < 4.78 is 11.5. The maximum absolute atomic E-state index is 12.3. The lowest BCUT2D eigenvalue weighted by Gasteiger charge is -2.40. The van der Waals surface area contributed by atoms with Crippen LogP contribution >= 0.6 is 0 Å². The highest BCUT2D eigenvalue weighted by molar-refractivity contribution is 6.02. The highest BCUT2D eigenvalue weighted by Crippen LogP contribution is 2.39. The van der Waals surface area contributed by atoms with Gasteiger partial charge >= 0.3 is 6.09 Å². The Hall–Kier alpha value is -3.30. The van der Waals surface area contributed by atoms with Gasteiger partial charge in [-0.3, -0.25) is 19.7 Å². The van der Waals surface area contributed by atoms with Gasteiger partial charge in [0.1, 0.15) is 29.2 Å². The second-order valence-corrected chi connectivity index (χ2v) is 9.04. The molecule has 2 aliphatic heterocycles. The number of carbonyl (C=O) groups excluding carboxylic acids is 4. The van der Waals surface area contributed by atoms with E-state index in [4.69, 9.17) is 9.47 Å². The Morgan fingerprint density at radius 1 is 1.22 bits per heavy atom. The van der Waals surface area contributed by atoms with Gasteiger partial charge in [0.15, 0.2) is 0 Å². The molecule has 2 aliphatic rings. The minimum atomic E-state index is -0.572. The van der Waals surface area contributed by atoms with Gasteiger partial charge < -0.3 is 24.2 Å². The van der Waals surface area contributed by atoms with Crippen molar-refractivity contribution < 1.29 is 28.7 Å². The lowest BCUT2D eigenvalue weighted by Crippen LogP contribution is -2.57. The van der Waals surface area contributed by atoms with Gasteiger partial charge in [-0.05, 0) is 39.3 Å². The largest absolute Gasteiger partial charge is 0.484 e. The average Bonchev–Trinajstić information content (AvgIpc) is 2.67. The van der Waals surface area contributed by atoms with E-state index < -0.39 is 17.7 Å². The van der Waals surface area contributed by atoms with Crippen LogP contribution in [-0.2, 0) is 19.1 Å². The first-order valence-corrected chi connectivity index (χ1v) is 10.5. The molecule has 32 heavy (non-hydrogen) atoms. The van der Waals surface area contributed by atoms with E-state index >= 15 is 0 Å². The van der Waals surface area contributed by atoms with Crippen molar-refractivity contribution in [2.75, 3.05) is 37.0 Å². The molecule has 0 bridgehead atoms. The molecule has 0 spiro atoms. The van der Waals surface area contributed by atoms with Gasteiger partial charge in [-0.2, -0.15) is 0 Å². The van der Waals surface area contributed by atoms with Gasteiger partial charge in [-0.25, -0.2) is 4.79 Å². The van der Waals surface area contributed by atoms with Gasteiger partial charge in [0, 0.05) is 20.5 Å². The maximum atomic E-state index is 12.3. The molecule has 1 unspecified atom stereocenters. The van der Waals surface area contributed by atoms with E-state index in [1.165, 1.54) is 4.90 Å². The number of amides is 4. The molecule has 1 atom stereocenters. The Bertz CT molecular complexity index is 906. The number of likely N-dealkylation sites (tertiary alicyclic amines) is 1. The van der Waals surface area contributed by atoms with Crippen molar-refractivity contribution in [2.24, 2.45) is 0 Å². The fraction of sp³-hybridized carbons (Fsp3) is 0.545. The molecule has 4 amide bonds. The highest BCUT2D eigenvalue weighted by atomic mass is 16.6. The molecule has 0 aliphatic carbocycles. The molecular weight excluding hydrogens is 416 g/mol. The van der Waals surface area contributed by atoms with Crippen molar-refractivity contribution in [3.05, 3.63) is 18.2 Å². The molecule has 1 aromatic carbocycles. The molecule has 0 saturated carbocycles. The summed E-state index contributed by atoms with van der Waals surface area (Å²) in [6, 6.07) is 4.76. The molecule has 174 valence electrons. The Kier molecular flexibility index (Phi) is 6.61. The number of benzene rings is 1. The number of rotatable bonds is 6. The Morgan fingerprint density at radius 3 is 2.50 bits per heavy atom. The monoisotopic (exact) mass is 446 g/mol. The molecule has 2 fully saturated rings. The van der Waals surface area contributed by atoms with Gasteiger partial charge in [0.2, 0.25) is 18.2 Å². The third kappa shape index (κ3) is 5.12. The van der Waals surface area contributed by atoms with Crippen molar-refractivity contribution in [1.82, 2.24) is 10.2 Å². The quantitative estimate of drug-likeness (QED) is 0.521. The fourth-order valence-corrected chi connectivity index (χ4v) is 3.68. The third-order valence-electron chi connectivity index (χ3n) is 5.34. The zero-order valence-electron chi connectivity index (χ0n) is 19.1. The number of hydrogen-bond donors (Lipinski definition) is 1. The number of hydrogen-bond acceptors (Lipinski definition) is 7. The van der Waals surface area contributed by atoms with Crippen molar-refractivity contribution >= 4 is 35.7 Å². The summed E-state index contributed by atoms with van der Waals surface area (Å²) in [6.07, 6.45) is 0.645. The van der Waals surface area contributed by atoms with Gasteiger partial charge in [-0.1, -0.05) is 6.07 Å². The van der Waals surface area contributed by atoms with Crippen LogP contribution in [0.4, 0.5) is 16.2 Å². The number of imide groups is 1. The summed E-state index contributed by atoms with van der Waals surface area (Å²) >= 11 is 0. The number of nitrogens with zero attached hydrogens (tertiary/aromatic N) is 3. The van der Waals surface area contributed by atoms with Crippen LogP contribution in [0.5, 0.6) is 5.75 Å². The summed E-state index contributed by atoms with van der Waals surface area (Å²) in [4.78, 5) is 52.3. The molecular formula is C22H30N4O6. The Labute approximate surface area is 187 Å². The third-order valence-corrected chi connectivity index (χ3v) is 5.34. The zero-order valence-corrected chi connectivity index (χ0v) is 19.1. The van der Waals surface area contributed by atoms with E-state index in [1.54, 1.807) is 42.1 Å². The molecule has 0 radical (unpaired) electrons. The lowest BCUT2D eigenvalue weighted by atomic mass is 10.0. The van der Waals surface area contributed by atoms with E-state index in [9.17, 15) is 19.2 Å². The first-order chi connectivity index (χ1) is 15.0. The number of para-hydroxylation sites is 1. The molecule has 10 nitrogen and oxygen atoms in total. The average molecular weight is 447 g/mol. The normalized spacial score (nSPS) is 19.0. The van der Waals surface area contributed by atoms with Crippen LogP contribution in [-0.4, -0.2) is 74.1 Å². The van der Waals surface area contributed by atoms with E-state index in [2.05, 4.69) is 5.32 Å². The van der Waals surface area contributed by atoms with Crippen LogP contribution < -0.4 is 19.9 Å². The minimum absolute atomic E-state index is 0.248. The molecule has 10 heteroatoms. The maximum Gasteiger partial charge on any atom is 0.410 e. The predicted molar refractivity (Wildman–Crippen MR) is 118 cm³/mol. The van der Waals surface area contributed by atoms with Crippen molar-refractivity contribution in [3.8, 4) is 5.75 Å². The van der Waals surface area contributed by atoms with Crippen molar-refractivity contribution in [2.45, 2.75) is 51.4 Å². The summed E-state index contributed by atoms with van der Waals surface area (Å²) in [5.74, 6) is -0.201. The Morgan fingerprint density at radius 2 is 1.91 bits per heavy atom. The van der Waals surface area contributed by atoms with E-state index in [1.807, 2.05) is 20.8 Å². The number of likely N-dealkylation sites (N-methyl/N-ethyl adjacent to an activating group) is 1. The SMILES string of the molecule is CN(C=O)c1c(OC2CN(C(=O)OC(C)(C)C)C2)cccc1N(C)C1CCC(=O)NC1=O. The number of anilines is 2. The first-order valence-electron chi connectivity index (χ1n) is 10.5. The van der Waals surface area contributed by atoms with Crippen LogP contribution in [0.2, 0.25) is 0 Å². The summed E-state index contributed by atoms with van der Waals surface area (Å²) in [5.41, 5.74) is 0.554. The van der Waals surface area contributed by atoms with Crippen LogP contribution in [0, 0.1) is 0 Å². The predicted octanol–water partition coefficient (Wildman–Crippen LogP) is 1.52. The van der Waals surface area contributed by atoms with Crippen LogP contribution in [0.15, 0.2) is 18.2 Å². The Balaban J connectivity index is 1.76. The topological polar surface area (TPSA) is 108 Å². The van der Waals surface area contributed by atoms with E-state index in [0.717, 1.165) is 0 Å². The lowest BCUT2D eigenvalue weighted by molar-refractivity contribution is -0.134. The number of nitrogens with one attached hydrogen (secondary N) is 1. The minimum Gasteiger partial charge on any atom is -0.484 e. The number of carbonyl (C=O) groups is 4. The number of ether oxygens (including phenoxy) is 2. The van der Waals surface area contributed by atoms with Crippen LogP contribution in [0.3, 0.4) is 0 Å². The van der Waals surface area contributed by atoms with Gasteiger partial charge in [0.05, 0.1) is 18.8 Å². The smallest absolute Gasteiger partial charge is 0.410 e. The van der Waals surface area contributed by atoms with Crippen molar-refractivity contribution in [3.63, 3.8) is 0 Å². The summed E-state index contributed by atoms with van der Waals surface area (Å²) in [6.45, 7) is 6.17. The standard InChI is InChI=1S/C22H30N4O6/c1-22(2,3)32-21(30)26-11-14(12-26)31-17-8-6-7-15(19(17)24(4)13-27)25(5)16-9-10-18(28)23-20(16)29/h6-8,13-14,16H,9-12H2,1-5H3,(H,23,28,29). The molecule has 3 rings (SSSR count). The molecule has 1 aromatic rings. The zero-order chi connectivity index (χ0) is 23.6. The van der Waals surface area contributed by atoms with E-state index in [-0.39, 0.29) is 24.3 Å². The second-order valence-electron chi connectivity index (χ2n) is 9.04. The molecule has 1 N–H and O–H groups in total. The second kappa shape index (κ2) is 9.05. The highest BCUT2D eigenvalue weighted by Gasteiger charge is 2.36. The number of piperidine rings is 1. The van der Waals surface area contributed by atoms with Crippen LogP contribution in [0.1, 0.15) is 33.6 Å². The van der Waals surface area contributed by atoms with Gasteiger partial charge in [-0.15, -0.1) is 0 Å². The summed E-state index contributed by atoms with van der Waals surface area (Å²) in [5, 5.41) is 2.36. The first kappa shape index (κ1) is 23.4. The van der Waals surface area contributed by atoms with Crippen LogP contribution in [0.25, 0.3) is 0 Å². The molecule has 2 heterocycles. The van der Waals surface area contributed by atoms with Gasteiger partial charge in [0.25, 0.3) is 0 Å². The summed E-state index contributed by atoms with van der Waals surface area (Å²) in [7, 11) is 3.35. The fourth-order valence-electron chi connectivity index (χ4n) is 3.68. The van der Waals surface area contributed by atoms with Crippen molar-refractivity contribution in [1.29, 1.82) is 0 Å². The molecule has 0 aromatic heterocycles. The molecule has 2 saturated heterocycles. The van der Waals surface area contributed by atoms with E-state index in [0.29, 0.717) is 43.0 Å².